The van der Waals surface area contributed by atoms with E-state index in [0.29, 0.717) is 5.54 Å². The highest BCUT2D eigenvalue weighted by molar-refractivity contribution is 5.30. The molecule has 19 heavy (non-hydrogen) atoms. The first-order valence-corrected chi connectivity index (χ1v) is 6.95. The van der Waals surface area contributed by atoms with Crippen LogP contribution in [0, 0.1) is 6.92 Å². The van der Waals surface area contributed by atoms with Gasteiger partial charge in [-0.25, -0.2) is 4.68 Å². The monoisotopic (exact) mass is 266 g/mol. The number of hydrogen-bond donors (Lipinski definition) is 1. The summed E-state index contributed by atoms with van der Waals surface area (Å²) in [6, 6.07) is 0. The lowest BCUT2D eigenvalue weighted by Crippen LogP contribution is -2.56. The van der Waals surface area contributed by atoms with Gasteiger partial charge in [-0.2, -0.15) is 5.10 Å². The zero-order valence-corrected chi connectivity index (χ0v) is 12.8. The molecule has 1 aromatic rings. The van der Waals surface area contributed by atoms with Crippen LogP contribution in [-0.4, -0.2) is 48.0 Å². The molecule has 0 aromatic carbocycles. The van der Waals surface area contributed by atoms with Gasteiger partial charge < -0.3 is 15.0 Å². The number of aryl methyl sites for hydroxylation is 2. The molecule has 5 heteroatoms. The Kier molecular flexibility index (Phi) is 4.16. The molecule has 0 bridgehead atoms. The number of nitrogens with one attached hydrogen (secondary N) is 1. The molecule has 0 unspecified atom stereocenters. The van der Waals surface area contributed by atoms with Crippen molar-refractivity contribution in [1.82, 2.24) is 20.0 Å². The Morgan fingerprint density at radius 1 is 1.42 bits per heavy atom. The molecule has 0 aliphatic heterocycles. The lowest BCUT2D eigenvalue weighted by Gasteiger charge is -2.47. The summed E-state index contributed by atoms with van der Waals surface area (Å²) in [7, 11) is 7.98. The molecule has 0 saturated heterocycles. The highest BCUT2D eigenvalue weighted by Gasteiger charge is 2.38. The van der Waals surface area contributed by atoms with Gasteiger partial charge in [-0.15, -0.1) is 0 Å². The zero-order chi connectivity index (χ0) is 14.0. The molecule has 1 fully saturated rings. The molecule has 1 heterocycles. The second-order valence-corrected chi connectivity index (χ2v) is 5.77. The molecule has 108 valence electrons. The van der Waals surface area contributed by atoms with E-state index in [1.54, 1.807) is 11.8 Å². The maximum absolute atomic E-state index is 5.42. The normalized spacial score (nSPS) is 17.6. The Hall–Kier alpha value is -1.07. The molecule has 0 spiro atoms. The van der Waals surface area contributed by atoms with Crippen LogP contribution >= 0.6 is 0 Å². The molecule has 2 rings (SSSR count). The SMILES string of the molecule is COc1c(CNCC2(N(C)C)CCC2)c(C)nn1C. The van der Waals surface area contributed by atoms with Gasteiger partial charge in [-0.05, 0) is 40.3 Å². The largest absolute Gasteiger partial charge is 0.481 e. The summed E-state index contributed by atoms with van der Waals surface area (Å²) in [4.78, 5) is 2.36. The molecule has 0 amide bonds. The third-order valence-electron chi connectivity index (χ3n) is 4.47. The first-order chi connectivity index (χ1) is 9.00. The third-order valence-corrected chi connectivity index (χ3v) is 4.47. The summed E-state index contributed by atoms with van der Waals surface area (Å²) in [6.07, 6.45) is 3.92. The Bertz CT molecular complexity index is 435. The second kappa shape index (κ2) is 5.51. The molecule has 1 saturated carbocycles. The molecule has 0 radical (unpaired) electrons. The summed E-state index contributed by atoms with van der Waals surface area (Å²) in [5.74, 6) is 0.859. The van der Waals surface area contributed by atoms with Crippen LogP contribution < -0.4 is 10.1 Å². The summed E-state index contributed by atoms with van der Waals surface area (Å²) in [5, 5.41) is 7.99. The number of nitrogens with zero attached hydrogens (tertiary/aromatic N) is 3. The van der Waals surface area contributed by atoms with Crippen LogP contribution in [0.3, 0.4) is 0 Å². The second-order valence-electron chi connectivity index (χ2n) is 5.77. The third kappa shape index (κ3) is 2.62. The molecular weight excluding hydrogens is 240 g/mol. The fourth-order valence-corrected chi connectivity index (χ4v) is 2.93. The van der Waals surface area contributed by atoms with Crippen LogP contribution in [0.4, 0.5) is 0 Å². The number of hydrogen-bond acceptors (Lipinski definition) is 4. The number of rotatable bonds is 6. The van der Waals surface area contributed by atoms with Gasteiger partial charge in [0, 0.05) is 25.7 Å². The van der Waals surface area contributed by atoms with Gasteiger partial charge in [-0.3, -0.25) is 0 Å². The number of likely N-dealkylation sites (N-methyl/N-ethyl adjacent to an activating group) is 1. The lowest BCUT2D eigenvalue weighted by atomic mass is 9.75. The van der Waals surface area contributed by atoms with E-state index in [2.05, 4.69) is 29.4 Å². The first-order valence-electron chi connectivity index (χ1n) is 6.95. The molecular formula is C14H26N4O. The Morgan fingerprint density at radius 3 is 2.58 bits per heavy atom. The van der Waals surface area contributed by atoms with Gasteiger partial charge in [-0.1, -0.05) is 0 Å². The van der Waals surface area contributed by atoms with Crippen molar-refractivity contribution in [3.05, 3.63) is 11.3 Å². The summed E-state index contributed by atoms with van der Waals surface area (Å²) < 4.78 is 7.22. The molecule has 1 aliphatic rings. The molecule has 1 aromatic heterocycles. The van der Waals surface area contributed by atoms with E-state index in [-0.39, 0.29) is 0 Å². The van der Waals surface area contributed by atoms with Crippen LogP contribution in [0.5, 0.6) is 5.88 Å². The first kappa shape index (κ1) is 14.3. The summed E-state index contributed by atoms with van der Waals surface area (Å²) in [5.41, 5.74) is 2.56. The van der Waals surface area contributed by atoms with Gasteiger partial charge in [0.2, 0.25) is 5.88 Å². The minimum Gasteiger partial charge on any atom is -0.481 e. The van der Waals surface area contributed by atoms with Gasteiger partial charge in [0.1, 0.15) is 0 Å². The van der Waals surface area contributed by atoms with Crippen LogP contribution in [-0.2, 0) is 13.6 Å². The Balaban J connectivity index is 1.96. The average Bonchev–Trinajstić information content (AvgIpc) is 2.56. The van der Waals surface area contributed by atoms with Crippen LogP contribution in [0.2, 0.25) is 0 Å². The standard InChI is InChI=1S/C14H26N4O/c1-11-12(13(19-5)18(4)16-11)9-15-10-14(17(2)3)7-6-8-14/h15H,6-10H2,1-5H3. The van der Waals surface area contributed by atoms with Crippen molar-refractivity contribution < 1.29 is 4.74 Å². The highest BCUT2D eigenvalue weighted by Crippen LogP contribution is 2.35. The van der Waals surface area contributed by atoms with Gasteiger partial charge in [0.15, 0.2) is 0 Å². The Morgan fingerprint density at radius 2 is 2.11 bits per heavy atom. The number of aromatic nitrogens is 2. The maximum Gasteiger partial charge on any atom is 0.216 e. The molecule has 1 N–H and O–H groups in total. The molecule has 5 nitrogen and oxygen atoms in total. The van der Waals surface area contributed by atoms with Crippen molar-refractivity contribution in [3.63, 3.8) is 0 Å². The van der Waals surface area contributed by atoms with E-state index in [4.69, 9.17) is 4.74 Å². The van der Waals surface area contributed by atoms with Crippen LogP contribution in [0.25, 0.3) is 0 Å². The number of methoxy groups -OCH3 is 1. The van der Waals surface area contributed by atoms with E-state index in [1.165, 1.54) is 24.8 Å². The van der Waals surface area contributed by atoms with Crippen molar-refractivity contribution in [2.45, 2.75) is 38.3 Å². The zero-order valence-electron chi connectivity index (χ0n) is 12.8. The van der Waals surface area contributed by atoms with Gasteiger partial charge >= 0.3 is 0 Å². The fraction of sp³-hybridized carbons (Fsp3) is 0.786. The van der Waals surface area contributed by atoms with Gasteiger partial charge in [0.05, 0.1) is 18.4 Å². The van der Waals surface area contributed by atoms with E-state index >= 15 is 0 Å². The van der Waals surface area contributed by atoms with Crippen molar-refractivity contribution in [2.24, 2.45) is 7.05 Å². The van der Waals surface area contributed by atoms with Crippen molar-refractivity contribution in [1.29, 1.82) is 0 Å². The lowest BCUT2D eigenvalue weighted by molar-refractivity contribution is 0.0597. The average molecular weight is 266 g/mol. The van der Waals surface area contributed by atoms with Crippen LogP contribution in [0.1, 0.15) is 30.5 Å². The number of ether oxygens (including phenoxy) is 1. The van der Waals surface area contributed by atoms with Crippen molar-refractivity contribution in [2.75, 3.05) is 27.7 Å². The van der Waals surface area contributed by atoms with Gasteiger partial charge in [0.25, 0.3) is 0 Å². The Labute approximate surface area is 115 Å². The van der Waals surface area contributed by atoms with E-state index < -0.39 is 0 Å². The van der Waals surface area contributed by atoms with E-state index in [9.17, 15) is 0 Å². The van der Waals surface area contributed by atoms with E-state index in [1.807, 2.05) is 14.0 Å². The smallest absolute Gasteiger partial charge is 0.216 e. The minimum atomic E-state index is 0.351. The molecule has 1 aliphatic carbocycles. The summed E-state index contributed by atoms with van der Waals surface area (Å²) in [6.45, 7) is 3.88. The van der Waals surface area contributed by atoms with E-state index in [0.717, 1.165) is 24.7 Å². The summed E-state index contributed by atoms with van der Waals surface area (Å²) >= 11 is 0. The fourth-order valence-electron chi connectivity index (χ4n) is 2.93. The van der Waals surface area contributed by atoms with Crippen molar-refractivity contribution >= 4 is 0 Å². The quantitative estimate of drug-likeness (QED) is 0.843. The van der Waals surface area contributed by atoms with Crippen molar-refractivity contribution in [3.8, 4) is 5.88 Å². The topological polar surface area (TPSA) is 42.3 Å². The highest BCUT2D eigenvalue weighted by atomic mass is 16.5. The predicted octanol–water partition coefficient (Wildman–Crippen LogP) is 1.31. The molecule has 0 atom stereocenters. The maximum atomic E-state index is 5.42. The predicted molar refractivity (Wildman–Crippen MR) is 76.5 cm³/mol. The van der Waals surface area contributed by atoms with Crippen LogP contribution in [0.15, 0.2) is 0 Å². The minimum absolute atomic E-state index is 0.351.